The van der Waals surface area contributed by atoms with Crippen LogP contribution < -0.4 is 11.1 Å². The molecule has 21 heavy (non-hydrogen) atoms. The number of nitrogens with one attached hydrogen (secondary N) is 1. The molecule has 1 aromatic carbocycles. The lowest BCUT2D eigenvalue weighted by atomic mass is 9.96. The van der Waals surface area contributed by atoms with Crippen molar-refractivity contribution in [1.82, 2.24) is 15.5 Å². The summed E-state index contributed by atoms with van der Waals surface area (Å²) in [5.41, 5.74) is 7.00. The Kier molecular flexibility index (Phi) is 4.37. The zero-order valence-corrected chi connectivity index (χ0v) is 12.5. The van der Waals surface area contributed by atoms with Gasteiger partial charge in [-0.05, 0) is 5.56 Å². The summed E-state index contributed by atoms with van der Waals surface area (Å²) >= 11 is 0. The minimum absolute atomic E-state index is 0.0606. The van der Waals surface area contributed by atoms with E-state index in [0.717, 1.165) is 11.1 Å². The van der Waals surface area contributed by atoms with Crippen molar-refractivity contribution in [2.24, 2.45) is 11.1 Å². The molecule has 0 bridgehead atoms. The van der Waals surface area contributed by atoms with Gasteiger partial charge in [0.05, 0.1) is 6.54 Å². The van der Waals surface area contributed by atoms with Gasteiger partial charge in [0.1, 0.15) is 0 Å². The van der Waals surface area contributed by atoms with Gasteiger partial charge in [0.2, 0.25) is 17.6 Å². The monoisotopic (exact) mass is 288 g/mol. The fourth-order valence-corrected chi connectivity index (χ4v) is 1.65. The van der Waals surface area contributed by atoms with Gasteiger partial charge in [0.15, 0.2) is 0 Å². The Morgan fingerprint density at radius 1 is 1.29 bits per heavy atom. The zero-order valence-electron chi connectivity index (χ0n) is 12.5. The second kappa shape index (κ2) is 6.05. The van der Waals surface area contributed by atoms with Crippen molar-refractivity contribution in [3.63, 3.8) is 0 Å². The van der Waals surface area contributed by atoms with Crippen LogP contribution in [0.25, 0.3) is 11.4 Å². The van der Waals surface area contributed by atoms with E-state index in [1.54, 1.807) is 0 Å². The van der Waals surface area contributed by atoms with Crippen molar-refractivity contribution < 1.29 is 9.32 Å². The van der Waals surface area contributed by atoms with Gasteiger partial charge in [-0.15, -0.1) is 0 Å². The van der Waals surface area contributed by atoms with Crippen molar-refractivity contribution in [2.75, 3.05) is 0 Å². The van der Waals surface area contributed by atoms with Gasteiger partial charge < -0.3 is 15.6 Å². The van der Waals surface area contributed by atoms with E-state index in [4.69, 9.17) is 10.3 Å². The summed E-state index contributed by atoms with van der Waals surface area (Å²) in [6.45, 7) is 6.27. The molecule has 1 heterocycles. The van der Waals surface area contributed by atoms with E-state index >= 15 is 0 Å². The first-order valence-corrected chi connectivity index (χ1v) is 6.80. The highest BCUT2D eigenvalue weighted by Crippen LogP contribution is 2.17. The van der Waals surface area contributed by atoms with E-state index in [2.05, 4.69) is 15.5 Å². The molecule has 2 aromatic rings. The molecule has 0 aliphatic carbocycles. The largest absolute Gasteiger partial charge is 0.347 e. The van der Waals surface area contributed by atoms with E-state index in [0.29, 0.717) is 18.3 Å². The Balaban J connectivity index is 2.02. The number of hydrogen-bond donors (Lipinski definition) is 2. The molecule has 0 aliphatic heterocycles. The van der Waals surface area contributed by atoms with Crippen LogP contribution in [0.15, 0.2) is 28.8 Å². The maximum absolute atomic E-state index is 11.8. The summed E-state index contributed by atoms with van der Waals surface area (Å²) in [6.07, 6.45) is 0. The van der Waals surface area contributed by atoms with Gasteiger partial charge in [-0.25, -0.2) is 0 Å². The fraction of sp³-hybridized carbons (Fsp3) is 0.400. The van der Waals surface area contributed by atoms with Gasteiger partial charge >= 0.3 is 0 Å². The van der Waals surface area contributed by atoms with Crippen LogP contribution in [0.2, 0.25) is 0 Å². The van der Waals surface area contributed by atoms with E-state index in [1.165, 1.54) is 0 Å². The molecule has 112 valence electrons. The molecule has 0 atom stereocenters. The highest BCUT2D eigenvalue weighted by atomic mass is 16.5. The Morgan fingerprint density at radius 2 is 1.95 bits per heavy atom. The number of amides is 1. The number of nitrogens with zero attached hydrogens (tertiary/aromatic N) is 2. The third-order valence-corrected chi connectivity index (χ3v) is 3.00. The summed E-state index contributed by atoms with van der Waals surface area (Å²) < 4.78 is 5.14. The number of carbonyl (C=O) groups excluding carboxylic acids is 1. The summed E-state index contributed by atoms with van der Waals surface area (Å²) in [4.78, 5) is 16.0. The van der Waals surface area contributed by atoms with Gasteiger partial charge in [-0.1, -0.05) is 50.2 Å². The first-order chi connectivity index (χ1) is 9.90. The normalized spacial score (nSPS) is 11.4. The fourth-order valence-electron chi connectivity index (χ4n) is 1.65. The maximum Gasteiger partial charge on any atom is 0.246 e. The molecular weight excluding hydrogens is 268 g/mol. The van der Waals surface area contributed by atoms with Crippen LogP contribution in [0.1, 0.15) is 32.2 Å². The predicted octanol–water partition coefficient (Wildman–Crippen LogP) is 1.86. The van der Waals surface area contributed by atoms with Crippen molar-refractivity contribution in [1.29, 1.82) is 0 Å². The molecule has 0 unspecified atom stereocenters. The van der Waals surface area contributed by atoms with Gasteiger partial charge in [-0.3, -0.25) is 4.79 Å². The maximum atomic E-state index is 11.8. The molecule has 1 amide bonds. The van der Waals surface area contributed by atoms with E-state index < -0.39 is 5.41 Å². The molecule has 6 heteroatoms. The Hall–Kier alpha value is -2.21. The lowest BCUT2D eigenvalue weighted by Crippen LogP contribution is -2.34. The van der Waals surface area contributed by atoms with E-state index in [1.807, 2.05) is 45.0 Å². The van der Waals surface area contributed by atoms with E-state index in [-0.39, 0.29) is 12.5 Å². The second-order valence-electron chi connectivity index (χ2n) is 5.85. The molecule has 0 radical (unpaired) electrons. The number of rotatable bonds is 4. The van der Waals surface area contributed by atoms with Crippen LogP contribution >= 0.6 is 0 Å². The summed E-state index contributed by atoms with van der Waals surface area (Å²) in [5.74, 6) is 0.818. The number of hydrogen-bond acceptors (Lipinski definition) is 5. The lowest BCUT2D eigenvalue weighted by molar-refractivity contribution is -0.128. The predicted molar refractivity (Wildman–Crippen MR) is 78.9 cm³/mol. The van der Waals surface area contributed by atoms with Crippen molar-refractivity contribution in [2.45, 2.75) is 33.9 Å². The SMILES string of the molecule is CC(C)(C)C(=O)NCc1nc(-c2ccc(CN)cc2)no1. The first kappa shape index (κ1) is 15.2. The summed E-state index contributed by atoms with van der Waals surface area (Å²) in [6, 6.07) is 7.63. The molecule has 1 aromatic heterocycles. The number of carbonyl (C=O) groups is 1. The number of benzene rings is 1. The number of nitrogens with two attached hydrogens (primary N) is 1. The zero-order chi connectivity index (χ0) is 15.5. The van der Waals surface area contributed by atoms with Gasteiger partial charge in [0, 0.05) is 17.5 Å². The van der Waals surface area contributed by atoms with E-state index in [9.17, 15) is 4.79 Å². The van der Waals surface area contributed by atoms with Gasteiger partial charge in [0.25, 0.3) is 0 Å². The number of aromatic nitrogens is 2. The van der Waals surface area contributed by atoms with Crippen LogP contribution in [-0.2, 0) is 17.9 Å². The van der Waals surface area contributed by atoms with Gasteiger partial charge in [-0.2, -0.15) is 4.98 Å². The highest BCUT2D eigenvalue weighted by molar-refractivity contribution is 5.81. The molecule has 0 saturated heterocycles. The average molecular weight is 288 g/mol. The minimum atomic E-state index is -0.444. The average Bonchev–Trinajstić information content (AvgIpc) is 2.92. The highest BCUT2D eigenvalue weighted by Gasteiger charge is 2.21. The topological polar surface area (TPSA) is 94.0 Å². The van der Waals surface area contributed by atoms with Crippen LogP contribution in [-0.4, -0.2) is 16.0 Å². The molecule has 3 N–H and O–H groups in total. The Labute approximate surface area is 123 Å². The smallest absolute Gasteiger partial charge is 0.246 e. The van der Waals surface area contributed by atoms with Crippen molar-refractivity contribution in [3.05, 3.63) is 35.7 Å². The molecule has 0 aliphatic rings. The summed E-state index contributed by atoms with van der Waals surface area (Å²) in [7, 11) is 0. The standard InChI is InChI=1S/C15H20N4O2/c1-15(2,3)14(20)17-9-12-18-13(19-21-12)11-6-4-10(8-16)5-7-11/h4-7H,8-9,16H2,1-3H3,(H,17,20). The molecule has 0 saturated carbocycles. The summed E-state index contributed by atoms with van der Waals surface area (Å²) in [5, 5.41) is 6.68. The Bertz CT molecular complexity index is 611. The molecule has 2 rings (SSSR count). The quantitative estimate of drug-likeness (QED) is 0.895. The molecular formula is C15H20N4O2. The van der Waals surface area contributed by atoms with Crippen molar-refractivity contribution >= 4 is 5.91 Å². The van der Waals surface area contributed by atoms with Crippen LogP contribution in [0.4, 0.5) is 0 Å². The van der Waals surface area contributed by atoms with Crippen LogP contribution in [0.3, 0.4) is 0 Å². The molecule has 0 fully saturated rings. The minimum Gasteiger partial charge on any atom is -0.347 e. The van der Waals surface area contributed by atoms with Crippen LogP contribution in [0, 0.1) is 5.41 Å². The molecule has 0 spiro atoms. The van der Waals surface area contributed by atoms with Crippen LogP contribution in [0.5, 0.6) is 0 Å². The third-order valence-electron chi connectivity index (χ3n) is 3.00. The Morgan fingerprint density at radius 3 is 2.52 bits per heavy atom. The third kappa shape index (κ3) is 3.88. The second-order valence-corrected chi connectivity index (χ2v) is 5.85. The lowest BCUT2D eigenvalue weighted by Gasteiger charge is -2.16. The first-order valence-electron chi connectivity index (χ1n) is 6.80. The van der Waals surface area contributed by atoms with Crippen molar-refractivity contribution in [3.8, 4) is 11.4 Å². The molecule has 6 nitrogen and oxygen atoms in total.